The zero-order chi connectivity index (χ0) is 10.4. The minimum Gasteiger partial charge on any atom is -0.462 e. The van der Waals surface area contributed by atoms with Gasteiger partial charge in [-0.2, -0.15) is 0 Å². The van der Waals surface area contributed by atoms with Gasteiger partial charge in [-0.15, -0.1) is 0 Å². The van der Waals surface area contributed by atoms with Crippen molar-refractivity contribution >= 4 is 5.97 Å². The molecule has 1 unspecified atom stereocenters. The zero-order valence-electron chi connectivity index (χ0n) is 8.70. The van der Waals surface area contributed by atoms with Crippen LogP contribution in [0.2, 0.25) is 0 Å². The van der Waals surface area contributed by atoms with E-state index in [4.69, 9.17) is 15.2 Å². The van der Waals surface area contributed by atoms with Gasteiger partial charge in [-0.05, 0) is 25.7 Å². The van der Waals surface area contributed by atoms with E-state index >= 15 is 0 Å². The van der Waals surface area contributed by atoms with E-state index in [2.05, 4.69) is 0 Å². The summed E-state index contributed by atoms with van der Waals surface area (Å²) in [5, 5.41) is 0. The third-order valence-electron chi connectivity index (χ3n) is 2.59. The van der Waals surface area contributed by atoms with Crippen molar-refractivity contribution in [2.45, 2.75) is 44.3 Å². The molecular formula is C10H19NO3. The average Bonchev–Trinajstić information content (AvgIpc) is 2.66. The molecular weight excluding hydrogens is 182 g/mol. The first-order valence-corrected chi connectivity index (χ1v) is 5.18. The smallest absolute Gasteiger partial charge is 0.308 e. The number of hydrogen-bond donors (Lipinski definition) is 1. The SMILES string of the molecule is COC(CN)CC(=O)OC1CCCC1. The van der Waals surface area contributed by atoms with Crippen LogP contribution in [0, 0.1) is 0 Å². The van der Waals surface area contributed by atoms with E-state index in [1.54, 1.807) is 7.11 Å². The first-order chi connectivity index (χ1) is 6.76. The average molecular weight is 201 g/mol. The third-order valence-corrected chi connectivity index (χ3v) is 2.59. The van der Waals surface area contributed by atoms with Crippen LogP contribution in [0.5, 0.6) is 0 Å². The fourth-order valence-corrected chi connectivity index (χ4v) is 1.69. The minimum atomic E-state index is -0.205. The highest BCUT2D eigenvalue weighted by atomic mass is 16.5. The molecule has 0 bridgehead atoms. The van der Waals surface area contributed by atoms with Crippen LogP contribution >= 0.6 is 0 Å². The molecule has 0 aliphatic heterocycles. The molecule has 4 nitrogen and oxygen atoms in total. The number of nitrogens with two attached hydrogens (primary N) is 1. The number of methoxy groups -OCH3 is 1. The summed E-state index contributed by atoms with van der Waals surface area (Å²) in [5.74, 6) is -0.186. The van der Waals surface area contributed by atoms with Gasteiger partial charge in [0.1, 0.15) is 6.10 Å². The number of carbonyl (C=O) groups excluding carboxylic acids is 1. The van der Waals surface area contributed by atoms with Gasteiger partial charge in [0.25, 0.3) is 0 Å². The van der Waals surface area contributed by atoms with Gasteiger partial charge in [0, 0.05) is 13.7 Å². The summed E-state index contributed by atoms with van der Waals surface area (Å²) in [6.07, 6.45) is 4.55. The second-order valence-electron chi connectivity index (χ2n) is 3.69. The first kappa shape index (κ1) is 11.5. The molecule has 1 saturated carbocycles. The summed E-state index contributed by atoms with van der Waals surface area (Å²) < 4.78 is 10.3. The fraction of sp³-hybridized carbons (Fsp3) is 0.900. The van der Waals surface area contributed by atoms with Crippen molar-refractivity contribution in [3.8, 4) is 0 Å². The van der Waals surface area contributed by atoms with Gasteiger partial charge in [-0.3, -0.25) is 4.79 Å². The van der Waals surface area contributed by atoms with Gasteiger partial charge in [-0.1, -0.05) is 0 Å². The van der Waals surface area contributed by atoms with E-state index in [-0.39, 0.29) is 24.6 Å². The summed E-state index contributed by atoms with van der Waals surface area (Å²) in [6, 6.07) is 0. The van der Waals surface area contributed by atoms with Crippen LogP contribution in [0.3, 0.4) is 0 Å². The Morgan fingerprint density at radius 1 is 1.50 bits per heavy atom. The molecule has 0 heterocycles. The van der Waals surface area contributed by atoms with Gasteiger partial charge >= 0.3 is 5.97 Å². The zero-order valence-corrected chi connectivity index (χ0v) is 8.70. The molecule has 0 aromatic rings. The molecule has 2 N–H and O–H groups in total. The van der Waals surface area contributed by atoms with E-state index < -0.39 is 0 Å². The van der Waals surface area contributed by atoms with Gasteiger partial charge in [0.2, 0.25) is 0 Å². The van der Waals surface area contributed by atoms with Crippen molar-refractivity contribution in [1.29, 1.82) is 0 Å². The van der Waals surface area contributed by atoms with Crippen molar-refractivity contribution in [2.75, 3.05) is 13.7 Å². The molecule has 1 aliphatic carbocycles. The Labute approximate surface area is 84.7 Å². The molecule has 4 heteroatoms. The Morgan fingerprint density at radius 2 is 2.14 bits per heavy atom. The number of ether oxygens (including phenoxy) is 2. The summed E-state index contributed by atoms with van der Waals surface area (Å²) in [7, 11) is 1.56. The number of esters is 1. The second-order valence-corrected chi connectivity index (χ2v) is 3.69. The molecule has 0 aromatic heterocycles. The maximum absolute atomic E-state index is 11.4. The maximum atomic E-state index is 11.4. The minimum absolute atomic E-state index is 0.137. The fourth-order valence-electron chi connectivity index (χ4n) is 1.69. The lowest BCUT2D eigenvalue weighted by Gasteiger charge is -2.15. The summed E-state index contributed by atoms with van der Waals surface area (Å²) in [6.45, 7) is 0.357. The van der Waals surface area contributed by atoms with E-state index in [0.29, 0.717) is 6.54 Å². The highest BCUT2D eigenvalue weighted by molar-refractivity contribution is 5.70. The molecule has 1 rings (SSSR count). The summed E-state index contributed by atoms with van der Waals surface area (Å²) in [4.78, 5) is 11.4. The van der Waals surface area contributed by atoms with Crippen LogP contribution in [0.25, 0.3) is 0 Å². The molecule has 0 radical (unpaired) electrons. The van der Waals surface area contributed by atoms with Crippen molar-refractivity contribution in [1.82, 2.24) is 0 Å². The Bertz CT molecular complexity index is 168. The topological polar surface area (TPSA) is 61.5 Å². The van der Waals surface area contributed by atoms with E-state index in [1.807, 2.05) is 0 Å². The Hall–Kier alpha value is -0.610. The summed E-state index contributed by atoms with van der Waals surface area (Å²) in [5.41, 5.74) is 5.41. The number of hydrogen-bond acceptors (Lipinski definition) is 4. The van der Waals surface area contributed by atoms with Crippen LogP contribution in [-0.2, 0) is 14.3 Å². The molecule has 0 saturated heterocycles. The highest BCUT2D eigenvalue weighted by Crippen LogP contribution is 2.21. The van der Waals surface area contributed by atoms with Gasteiger partial charge in [-0.25, -0.2) is 0 Å². The Balaban J connectivity index is 2.20. The van der Waals surface area contributed by atoms with Crippen LogP contribution in [0.1, 0.15) is 32.1 Å². The molecule has 0 amide bonds. The van der Waals surface area contributed by atoms with Gasteiger partial charge < -0.3 is 15.2 Å². The quantitative estimate of drug-likeness (QED) is 0.669. The van der Waals surface area contributed by atoms with Crippen molar-refractivity contribution < 1.29 is 14.3 Å². The second kappa shape index (κ2) is 5.98. The van der Waals surface area contributed by atoms with Crippen molar-refractivity contribution in [3.63, 3.8) is 0 Å². The van der Waals surface area contributed by atoms with Gasteiger partial charge in [0.15, 0.2) is 0 Å². The van der Waals surface area contributed by atoms with Crippen LogP contribution in [-0.4, -0.2) is 31.8 Å². The van der Waals surface area contributed by atoms with Crippen LogP contribution in [0.4, 0.5) is 0 Å². The summed E-state index contributed by atoms with van der Waals surface area (Å²) >= 11 is 0. The molecule has 1 aliphatic rings. The normalized spacial score (nSPS) is 19.6. The largest absolute Gasteiger partial charge is 0.462 e. The lowest BCUT2D eigenvalue weighted by Crippen LogP contribution is -2.27. The number of carbonyl (C=O) groups is 1. The maximum Gasteiger partial charge on any atom is 0.308 e. The molecule has 1 fully saturated rings. The van der Waals surface area contributed by atoms with E-state index in [1.165, 1.54) is 12.8 Å². The van der Waals surface area contributed by atoms with Crippen LogP contribution < -0.4 is 5.73 Å². The van der Waals surface area contributed by atoms with E-state index in [0.717, 1.165) is 12.8 Å². The molecule has 0 aromatic carbocycles. The van der Waals surface area contributed by atoms with Gasteiger partial charge in [0.05, 0.1) is 12.5 Å². The van der Waals surface area contributed by atoms with Crippen molar-refractivity contribution in [3.05, 3.63) is 0 Å². The Kier molecular flexibility index (Phi) is 4.90. The Morgan fingerprint density at radius 3 is 2.64 bits per heavy atom. The van der Waals surface area contributed by atoms with E-state index in [9.17, 15) is 4.79 Å². The molecule has 1 atom stereocenters. The highest BCUT2D eigenvalue weighted by Gasteiger charge is 2.20. The standard InChI is InChI=1S/C10H19NO3/c1-13-9(7-11)6-10(12)14-8-4-2-3-5-8/h8-9H,2-7,11H2,1H3. The number of rotatable bonds is 5. The predicted octanol–water partition coefficient (Wildman–Crippen LogP) is 0.836. The monoisotopic (exact) mass is 201 g/mol. The third kappa shape index (κ3) is 3.64. The van der Waals surface area contributed by atoms with Crippen molar-refractivity contribution in [2.24, 2.45) is 5.73 Å². The molecule has 82 valence electrons. The first-order valence-electron chi connectivity index (χ1n) is 5.18. The molecule has 0 spiro atoms. The lowest BCUT2D eigenvalue weighted by atomic mass is 10.2. The molecule has 14 heavy (non-hydrogen) atoms. The lowest BCUT2D eigenvalue weighted by molar-refractivity contribution is -0.151. The predicted molar refractivity (Wildman–Crippen MR) is 52.8 cm³/mol. The van der Waals surface area contributed by atoms with Crippen LogP contribution in [0.15, 0.2) is 0 Å².